The van der Waals surface area contributed by atoms with Crippen LogP contribution >= 0.6 is 0 Å². The molecule has 0 saturated heterocycles. The van der Waals surface area contributed by atoms with Gasteiger partial charge in [-0.3, -0.25) is 4.79 Å². The number of carbonyl (C=O) groups excluding carboxylic acids is 1. The number of aryl methyl sites for hydroxylation is 1. The summed E-state index contributed by atoms with van der Waals surface area (Å²) in [5.74, 6) is -0.172. The van der Waals surface area contributed by atoms with Crippen LogP contribution in [-0.4, -0.2) is 17.9 Å². The number of halogens is 1. The van der Waals surface area contributed by atoms with Gasteiger partial charge in [0, 0.05) is 13.0 Å². The van der Waals surface area contributed by atoms with Gasteiger partial charge in [-0.1, -0.05) is 48.0 Å². The van der Waals surface area contributed by atoms with Gasteiger partial charge in [0.25, 0.3) is 0 Å². The summed E-state index contributed by atoms with van der Waals surface area (Å²) in [5.41, 5.74) is 2.99. The van der Waals surface area contributed by atoms with Gasteiger partial charge in [0.05, 0.1) is 6.04 Å². The van der Waals surface area contributed by atoms with Crippen molar-refractivity contribution < 1.29 is 9.18 Å². The topological polar surface area (TPSA) is 20.3 Å². The first-order valence-corrected chi connectivity index (χ1v) is 8.06. The molecule has 1 fully saturated rings. The Morgan fingerprint density at radius 2 is 1.83 bits per heavy atom. The molecular formula is C20H22FNO. The van der Waals surface area contributed by atoms with Crippen molar-refractivity contribution in [2.24, 2.45) is 5.92 Å². The molecule has 3 heteroatoms. The first-order valence-electron chi connectivity index (χ1n) is 8.06. The highest BCUT2D eigenvalue weighted by Gasteiger charge is 2.46. The number of amides is 1. The third-order valence-corrected chi connectivity index (χ3v) is 4.90. The van der Waals surface area contributed by atoms with Gasteiger partial charge in [-0.05, 0) is 43.4 Å². The lowest BCUT2D eigenvalue weighted by atomic mass is 10.0. The second-order valence-electron chi connectivity index (χ2n) is 6.51. The fourth-order valence-electron chi connectivity index (χ4n) is 3.11. The van der Waals surface area contributed by atoms with Gasteiger partial charge in [0.1, 0.15) is 5.82 Å². The van der Waals surface area contributed by atoms with E-state index in [1.165, 1.54) is 11.6 Å². The number of nitrogens with zero attached hydrogens (tertiary/aromatic N) is 1. The Morgan fingerprint density at radius 3 is 2.48 bits per heavy atom. The van der Waals surface area contributed by atoms with Gasteiger partial charge in [-0.15, -0.1) is 0 Å². The summed E-state index contributed by atoms with van der Waals surface area (Å²) in [4.78, 5) is 14.5. The van der Waals surface area contributed by atoms with Crippen LogP contribution in [0.15, 0.2) is 48.5 Å². The molecule has 23 heavy (non-hydrogen) atoms. The van der Waals surface area contributed by atoms with Gasteiger partial charge >= 0.3 is 0 Å². The zero-order valence-electron chi connectivity index (χ0n) is 13.8. The van der Waals surface area contributed by atoms with Crippen LogP contribution in [-0.2, 0) is 4.79 Å². The summed E-state index contributed by atoms with van der Waals surface area (Å²) >= 11 is 0. The molecule has 0 aromatic heterocycles. The van der Waals surface area contributed by atoms with E-state index in [4.69, 9.17) is 0 Å². The average molecular weight is 311 g/mol. The van der Waals surface area contributed by atoms with E-state index in [1.54, 1.807) is 17.0 Å². The van der Waals surface area contributed by atoms with E-state index >= 15 is 0 Å². The van der Waals surface area contributed by atoms with Crippen molar-refractivity contribution in [3.05, 3.63) is 71.0 Å². The first-order chi connectivity index (χ1) is 11.0. The Morgan fingerprint density at radius 1 is 1.17 bits per heavy atom. The molecule has 1 aliphatic rings. The Balaban J connectivity index is 1.69. The Bertz CT molecular complexity index is 710. The molecule has 3 unspecified atom stereocenters. The molecule has 2 nitrogen and oxygen atoms in total. The van der Waals surface area contributed by atoms with Gasteiger partial charge < -0.3 is 4.90 Å². The highest BCUT2D eigenvalue weighted by Crippen LogP contribution is 2.49. The van der Waals surface area contributed by atoms with Crippen LogP contribution in [0.5, 0.6) is 0 Å². The number of rotatable bonds is 4. The minimum atomic E-state index is -0.206. The maximum Gasteiger partial charge on any atom is 0.226 e. The molecule has 120 valence electrons. The lowest BCUT2D eigenvalue weighted by Crippen LogP contribution is -2.31. The lowest BCUT2D eigenvalue weighted by molar-refractivity contribution is -0.133. The molecule has 1 saturated carbocycles. The second kappa shape index (κ2) is 6.15. The first kappa shape index (κ1) is 15.7. The molecule has 2 aromatic carbocycles. The fourth-order valence-corrected chi connectivity index (χ4v) is 3.11. The lowest BCUT2D eigenvalue weighted by Gasteiger charge is -2.26. The maximum atomic E-state index is 13.9. The van der Waals surface area contributed by atoms with Gasteiger partial charge in [0.15, 0.2) is 0 Å². The van der Waals surface area contributed by atoms with E-state index in [0.29, 0.717) is 5.56 Å². The summed E-state index contributed by atoms with van der Waals surface area (Å²) in [6, 6.07) is 15.0. The molecule has 3 rings (SSSR count). The van der Waals surface area contributed by atoms with Crippen LogP contribution in [0, 0.1) is 18.7 Å². The van der Waals surface area contributed by atoms with Gasteiger partial charge in [-0.25, -0.2) is 4.39 Å². The van der Waals surface area contributed by atoms with Crippen LogP contribution in [0.3, 0.4) is 0 Å². The third kappa shape index (κ3) is 3.14. The van der Waals surface area contributed by atoms with Crippen molar-refractivity contribution in [1.29, 1.82) is 0 Å². The SMILES string of the molecule is Cc1ccc(C(C)N(C)C(=O)C2CC2c2ccccc2F)cc1. The van der Waals surface area contributed by atoms with E-state index in [9.17, 15) is 9.18 Å². The number of benzene rings is 2. The fraction of sp³-hybridized carbons (Fsp3) is 0.350. The predicted octanol–water partition coefficient (Wildman–Crippen LogP) is 4.46. The molecule has 0 bridgehead atoms. The van der Waals surface area contributed by atoms with Gasteiger partial charge in [0.2, 0.25) is 5.91 Å². The van der Waals surface area contributed by atoms with Crippen molar-refractivity contribution in [2.75, 3.05) is 7.05 Å². The minimum absolute atomic E-state index is 0.0185. The van der Waals surface area contributed by atoms with E-state index in [0.717, 1.165) is 12.0 Å². The van der Waals surface area contributed by atoms with E-state index in [2.05, 4.69) is 24.3 Å². The van der Waals surface area contributed by atoms with Crippen molar-refractivity contribution in [2.45, 2.75) is 32.2 Å². The largest absolute Gasteiger partial charge is 0.339 e. The summed E-state index contributed by atoms with van der Waals surface area (Å²) in [6.07, 6.45) is 0.741. The van der Waals surface area contributed by atoms with Crippen LogP contribution in [0.1, 0.15) is 42.0 Å². The maximum absolute atomic E-state index is 13.9. The summed E-state index contributed by atoms with van der Waals surface area (Å²) < 4.78 is 13.9. The predicted molar refractivity (Wildman–Crippen MR) is 89.6 cm³/mol. The molecule has 0 N–H and O–H groups in total. The Kier molecular flexibility index (Phi) is 4.20. The smallest absolute Gasteiger partial charge is 0.226 e. The van der Waals surface area contributed by atoms with Crippen LogP contribution in [0.4, 0.5) is 4.39 Å². The van der Waals surface area contributed by atoms with Crippen LogP contribution in [0.25, 0.3) is 0 Å². The van der Waals surface area contributed by atoms with Crippen molar-refractivity contribution in [3.8, 4) is 0 Å². The summed E-state index contributed by atoms with van der Waals surface area (Å²) in [7, 11) is 1.84. The number of hydrogen-bond donors (Lipinski definition) is 0. The van der Waals surface area contributed by atoms with Crippen molar-refractivity contribution in [1.82, 2.24) is 4.90 Å². The normalized spacial score (nSPS) is 20.9. The molecule has 1 aliphatic carbocycles. The van der Waals surface area contributed by atoms with Crippen LogP contribution in [0.2, 0.25) is 0 Å². The molecule has 0 heterocycles. The summed E-state index contributed by atoms with van der Waals surface area (Å²) in [6.45, 7) is 4.08. The summed E-state index contributed by atoms with van der Waals surface area (Å²) in [5, 5.41) is 0. The molecule has 3 atom stereocenters. The monoisotopic (exact) mass is 311 g/mol. The minimum Gasteiger partial charge on any atom is -0.339 e. The molecule has 0 radical (unpaired) electrons. The zero-order chi connectivity index (χ0) is 16.6. The number of carbonyl (C=O) groups is 1. The van der Waals surface area contributed by atoms with Gasteiger partial charge in [-0.2, -0.15) is 0 Å². The van der Waals surface area contributed by atoms with E-state index in [-0.39, 0.29) is 29.6 Å². The molecule has 0 aliphatic heterocycles. The second-order valence-corrected chi connectivity index (χ2v) is 6.51. The number of hydrogen-bond acceptors (Lipinski definition) is 1. The van der Waals surface area contributed by atoms with E-state index < -0.39 is 0 Å². The Labute approximate surface area is 136 Å². The van der Waals surface area contributed by atoms with E-state index in [1.807, 2.05) is 27.0 Å². The molecule has 2 aromatic rings. The quantitative estimate of drug-likeness (QED) is 0.816. The molecular weight excluding hydrogens is 289 g/mol. The highest BCUT2D eigenvalue weighted by molar-refractivity contribution is 5.83. The standard InChI is InChI=1S/C20H22FNO/c1-13-8-10-15(11-9-13)14(2)22(3)20(23)18-12-17(18)16-6-4-5-7-19(16)21/h4-11,14,17-18H,12H2,1-3H3. The third-order valence-electron chi connectivity index (χ3n) is 4.90. The van der Waals surface area contributed by atoms with Crippen LogP contribution < -0.4 is 0 Å². The van der Waals surface area contributed by atoms with Crippen molar-refractivity contribution >= 4 is 5.91 Å². The highest BCUT2D eigenvalue weighted by atomic mass is 19.1. The average Bonchev–Trinajstić information content (AvgIpc) is 3.34. The Hall–Kier alpha value is -2.16. The zero-order valence-corrected chi connectivity index (χ0v) is 13.8. The molecule has 1 amide bonds. The molecule has 0 spiro atoms. The van der Waals surface area contributed by atoms with Crippen molar-refractivity contribution in [3.63, 3.8) is 0 Å².